The molecule has 4 aromatic rings. The Balaban J connectivity index is 1.97. The molecule has 0 spiro atoms. The summed E-state index contributed by atoms with van der Waals surface area (Å²) in [6.07, 6.45) is 0. The third kappa shape index (κ3) is 3.22. The number of aromatic nitrogens is 3. The van der Waals surface area contributed by atoms with Gasteiger partial charge >= 0.3 is 10.7 Å². The Morgan fingerprint density at radius 2 is 1.67 bits per heavy atom. The third-order valence-corrected chi connectivity index (χ3v) is 5.42. The van der Waals surface area contributed by atoms with E-state index in [1.54, 1.807) is 30.3 Å². The minimum absolute atomic E-state index is 0.00549. The highest BCUT2D eigenvalue weighted by Gasteiger charge is 2.21. The number of nitro groups is 1. The van der Waals surface area contributed by atoms with E-state index in [1.807, 2.05) is 30.3 Å². The van der Waals surface area contributed by atoms with Gasteiger partial charge in [0.05, 0.1) is 21.2 Å². The molecular formula is C18H11BrN4O3S. The summed E-state index contributed by atoms with van der Waals surface area (Å²) in [5.41, 5.74) is 0.886. The fraction of sp³-hybridized carbons (Fsp3) is 0. The van der Waals surface area contributed by atoms with Crippen molar-refractivity contribution >= 4 is 32.3 Å². The molecule has 0 aliphatic heterocycles. The lowest BCUT2D eigenvalue weighted by Crippen LogP contribution is -2.22. The van der Waals surface area contributed by atoms with E-state index in [9.17, 15) is 14.9 Å². The molecule has 0 bridgehead atoms. The van der Waals surface area contributed by atoms with Crippen molar-refractivity contribution in [2.75, 3.05) is 0 Å². The second-order valence-corrected chi connectivity index (χ2v) is 7.54. The SMILES string of the molecule is O=c1n(-c2ccccc2)nc(-c2ccc([N+](=O)[O-])s2)n1-c1ccc(Br)cc1. The van der Waals surface area contributed by atoms with Crippen LogP contribution in [0.4, 0.5) is 5.00 Å². The van der Waals surface area contributed by atoms with Crippen molar-refractivity contribution in [1.29, 1.82) is 0 Å². The van der Waals surface area contributed by atoms with Crippen LogP contribution in [0, 0.1) is 10.1 Å². The molecule has 2 heterocycles. The molecule has 4 rings (SSSR count). The lowest BCUT2D eigenvalue weighted by molar-refractivity contribution is -0.380. The second kappa shape index (κ2) is 6.93. The molecule has 0 unspecified atom stereocenters. The zero-order valence-corrected chi connectivity index (χ0v) is 16.1. The summed E-state index contributed by atoms with van der Waals surface area (Å²) >= 11 is 4.36. The Hall–Kier alpha value is -3.04. The fourth-order valence-electron chi connectivity index (χ4n) is 2.63. The van der Waals surface area contributed by atoms with Crippen LogP contribution in [-0.2, 0) is 0 Å². The normalized spacial score (nSPS) is 10.9. The van der Waals surface area contributed by atoms with E-state index < -0.39 is 4.92 Å². The molecule has 0 aliphatic carbocycles. The highest BCUT2D eigenvalue weighted by atomic mass is 79.9. The molecule has 0 saturated carbocycles. The molecule has 0 atom stereocenters. The fourth-order valence-corrected chi connectivity index (χ4v) is 3.69. The first-order chi connectivity index (χ1) is 13.0. The molecule has 134 valence electrons. The first-order valence-corrected chi connectivity index (χ1v) is 9.43. The van der Waals surface area contributed by atoms with Gasteiger partial charge in [-0.3, -0.25) is 10.1 Å². The Bertz CT molecular complexity index is 1180. The number of hydrogen-bond acceptors (Lipinski definition) is 5. The summed E-state index contributed by atoms with van der Waals surface area (Å²) in [5.74, 6) is 0.351. The van der Waals surface area contributed by atoms with Gasteiger partial charge in [0, 0.05) is 10.5 Å². The van der Waals surface area contributed by atoms with E-state index >= 15 is 0 Å². The van der Waals surface area contributed by atoms with Gasteiger partial charge in [-0.25, -0.2) is 9.36 Å². The van der Waals surface area contributed by atoms with Gasteiger partial charge < -0.3 is 0 Å². The van der Waals surface area contributed by atoms with Crippen molar-refractivity contribution in [1.82, 2.24) is 14.3 Å². The summed E-state index contributed by atoms with van der Waals surface area (Å²) in [4.78, 5) is 24.2. The van der Waals surface area contributed by atoms with Crippen LogP contribution in [0.5, 0.6) is 0 Å². The second-order valence-electron chi connectivity index (χ2n) is 5.56. The topological polar surface area (TPSA) is 83.0 Å². The van der Waals surface area contributed by atoms with Gasteiger partial charge in [0.15, 0.2) is 5.82 Å². The van der Waals surface area contributed by atoms with E-state index in [-0.39, 0.29) is 10.7 Å². The molecular weight excluding hydrogens is 432 g/mol. The molecule has 2 aromatic carbocycles. The van der Waals surface area contributed by atoms with Crippen molar-refractivity contribution < 1.29 is 4.92 Å². The smallest absolute Gasteiger partial charge is 0.258 e. The predicted octanol–water partition coefficient (Wildman–Crippen LogP) is 4.42. The van der Waals surface area contributed by atoms with Gasteiger partial charge in [-0.1, -0.05) is 45.5 Å². The zero-order chi connectivity index (χ0) is 19.0. The highest BCUT2D eigenvalue weighted by Crippen LogP contribution is 2.32. The largest absolute Gasteiger partial charge is 0.355 e. The van der Waals surface area contributed by atoms with E-state index in [0.29, 0.717) is 22.1 Å². The van der Waals surface area contributed by atoms with Crippen molar-refractivity contribution in [3.05, 3.63) is 91.8 Å². The van der Waals surface area contributed by atoms with E-state index in [0.717, 1.165) is 15.8 Å². The van der Waals surface area contributed by atoms with Crippen molar-refractivity contribution in [3.8, 4) is 22.1 Å². The first-order valence-electron chi connectivity index (χ1n) is 7.82. The summed E-state index contributed by atoms with van der Waals surface area (Å²) in [6, 6.07) is 19.3. The molecule has 0 N–H and O–H groups in total. The van der Waals surface area contributed by atoms with Crippen LogP contribution >= 0.6 is 27.3 Å². The van der Waals surface area contributed by atoms with E-state index in [1.165, 1.54) is 15.3 Å². The van der Waals surface area contributed by atoms with Gasteiger partial charge in [-0.05, 0) is 42.5 Å². The summed E-state index contributed by atoms with van der Waals surface area (Å²) < 4.78 is 3.63. The minimum atomic E-state index is -0.454. The Kier molecular flexibility index (Phi) is 4.46. The Morgan fingerprint density at radius 1 is 0.963 bits per heavy atom. The van der Waals surface area contributed by atoms with Crippen molar-refractivity contribution in [3.63, 3.8) is 0 Å². The number of thiophene rings is 1. The lowest BCUT2D eigenvalue weighted by Gasteiger charge is -2.04. The van der Waals surface area contributed by atoms with Gasteiger partial charge in [0.2, 0.25) is 0 Å². The van der Waals surface area contributed by atoms with Crippen LogP contribution in [0.3, 0.4) is 0 Å². The number of hydrogen-bond donors (Lipinski definition) is 0. The maximum atomic E-state index is 13.1. The number of rotatable bonds is 4. The quantitative estimate of drug-likeness (QED) is 0.345. The van der Waals surface area contributed by atoms with Gasteiger partial charge in [0.1, 0.15) is 0 Å². The maximum absolute atomic E-state index is 13.1. The average molecular weight is 443 g/mol. The van der Waals surface area contributed by atoms with Gasteiger partial charge in [0.25, 0.3) is 0 Å². The van der Waals surface area contributed by atoms with Crippen molar-refractivity contribution in [2.24, 2.45) is 0 Å². The Labute approximate surface area is 165 Å². The summed E-state index contributed by atoms with van der Waals surface area (Å²) in [6.45, 7) is 0. The standard InChI is InChI=1S/C18H11BrN4O3S/c19-12-6-8-13(9-7-12)21-17(15-10-11-16(27-15)23(25)26)20-22(18(21)24)14-4-2-1-3-5-14/h1-11H. The molecule has 7 nitrogen and oxygen atoms in total. The van der Waals surface area contributed by atoms with E-state index in [2.05, 4.69) is 21.0 Å². The molecule has 0 saturated heterocycles. The van der Waals surface area contributed by atoms with Gasteiger partial charge in [-0.15, -0.1) is 5.10 Å². The molecule has 9 heteroatoms. The van der Waals surface area contributed by atoms with Crippen LogP contribution in [0.25, 0.3) is 22.1 Å². The van der Waals surface area contributed by atoms with Crippen LogP contribution in [-0.4, -0.2) is 19.3 Å². The van der Waals surface area contributed by atoms with Crippen molar-refractivity contribution in [2.45, 2.75) is 0 Å². The van der Waals surface area contributed by atoms with Crippen LogP contribution < -0.4 is 5.69 Å². The third-order valence-electron chi connectivity index (χ3n) is 3.86. The van der Waals surface area contributed by atoms with Crippen LogP contribution in [0.15, 0.2) is 76.0 Å². The highest BCUT2D eigenvalue weighted by molar-refractivity contribution is 9.10. The number of para-hydroxylation sites is 1. The lowest BCUT2D eigenvalue weighted by atomic mass is 10.3. The average Bonchev–Trinajstić information content (AvgIpc) is 3.28. The molecule has 27 heavy (non-hydrogen) atoms. The minimum Gasteiger partial charge on any atom is -0.258 e. The molecule has 0 fully saturated rings. The summed E-state index contributed by atoms with van der Waals surface area (Å²) in [5, 5.41) is 15.5. The van der Waals surface area contributed by atoms with Crippen LogP contribution in [0.1, 0.15) is 0 Å². The first kappa shape index (κ1) is 17.4. The molecule has 0 aliphatic rings. The maximum Gasteiger partial charge on any atom is 0.355 e. The number of halogens is 1. The predicted molar refractivity (Wildman–Crippen MR) is 107 cm³/mol. The summed E-state index contributed by atoms with van der Waals surface area (Å²) in [7, 11) is 0. The van der Waals surface area contributed by atoms with E-state index in [4.69, 9.17) is 0 Å². The molecule has 2 aromatic heterocycles. The zero-order valence-electron chi connectivity index (χ0n) is 13.7. The van der Waals surface area contributed by atoms with Crippen LogP contribution in [0.2, 0.25) is 0 Å². The number of benzene rings is 2. The molecule has 0 amide bonds. The molecule has 0 radical (unpaired) electrons. The monoisotopic (exact) mass is 442 g/mol. The van der Waals surface area contributed by atoms with Gasteiger partial charge in [-0.2, -0.15) is 4.68 Å². The Morgan fingerprint density at radius 3 is 2.30 bits per heavy atom. The number of nitrogens with zero attached hydrogens (tertiary/aromatic N) is 4.